The largest absolute Gasteiger partial charge is 0.366 e. The Balaban J connectivity index is 2.03. The molecule has 1 unspecified atom stereocenters. The Hall–Kier alpha value is -1.35. The fourth-order valence-electron chi connectivity index (χ4n) is 2.92. The van der Waals surface area contributed by atoms with Gasteiger partial charge in [0.25, 0.3) is 0 Å². The maximum atomic E-state index is 8.63. The number of rotatable bonds is 6. The molecule has 0 amide bonds. The molecule has 1 aliphatic heterocycles. The lowest BCUT2D eigenvalue weighted by molar-refractivity contribution is -0.0117. The Morgan fingerprint density at radius 1 is 1.21 bits per heavy atom. The first-order chi connectivity index (χ1) is 14.3. The number of hydrogen-bond donors (Lipinski definition) is 0. The van der Waals surface area contributed by atoms with Crippen LogP contribution < -0.4 is 0 Å². The van der Waals surface area contributed by atoms with Crippen LogP contribution >= 0.6 is 11.6 Å². The Kier molecular flexibility index (Phi) is 3.40. The molecule has 1 heterocycles. The van der Waals surface area contributed by atoms with E-state index in [2.05, 4.69) is 0 Å². The van der Waals surface area contributed by atoms with Crippen molar-refractivity contribution in [2.24, 2.45) is 0 Å². The van der Waals surface area contributed by atoms with Gasteiger partial charge in [-0.2, -0.15) is 0 Å². The molecule has 0 spiro atoms. The first kappa shape index (κ1) is 10.6. The summed E-state index contributed by atoms with van der Waals surface area (Å²) >= 11 is 6.02. The highest BCUT2D eigenvalue weighted by molar-refractivity contribution is 6.30. The van der Waals surface area contributed by atoms with Gasteiger partial charge in [-0.15, -0.1) is 0 Å². The van der Waals surface area contributed by atoms with Gasteiger partial charge in [0, 0.05) is 24.5 Å². The molecule has 1 saturated heterocycles. The van der Waals surface area contributed by atoms with E-state index in [1.807, 2.05) is 6.07 Å². The molecule has 2 nitrogen and oxygen atoms in total. The first-order valence-corrected chi connectivity index (χ1v) is 8.45. The SMILES string of the molecule is [2H]C([2H])([2H])N1CCCC1C([2H])([2H])C([2H])([2H])O[C@](C)(c1ccccc1)c1ccc(Cl)cc1. The van der Waals surface area contributed by atoms with Crippen molar-refractivity contribution in [2.75, 3.05) is 20.1 Å². The van der Waals surface area contributed by atoms with Crippen LogP contribution in [0.1, 0.15) is 46.9 Å². The Morgan fingerprint density at radius 3 is 2.62 bits per heavy atom. The lowest BCUT2D eigenvalue weighted by Gasteiger charge is -2.32. The van der Waals surface area contributed by atoms with E-state index in [0.717, 1.165) is 4.90 Å². The zero-order valence-corrected chi connectivity index (χ0v) is 14.4. The zero-order chi connectivity index (χ0) is 23.1. The fourth-order valence-corrected chi connectivity index (χ4v) is 3.05. The summed E-state index contributed by atoms with van der Waals surface area (Å²) in [5.74, 6) is 0. The standard InChI is InChI=1S/C21H26ClNO/c1-21(17-7-4-3-5-8-17,18-10-12-19(22)13-11-18)24-16-14-20-9-6-15-23(20)2/h3-5,7-8,10-13,20H,6,9,14-16H2,1-2H3/t20?,21-/m1/s1/i2D3,14D2,16D2. The quantitative estimate of drug-likeness (QED) is 0.718. The molecule has 0 saturated carbocycles. The van der Waals surface area contributed by atoms with Crippen molar-refractivity contribution in [1.29, 1.82) is 0 Å². The molecule has 128 valence electrons. The number of likely N-dealkylation sites (tertiary alicyclic amines) is 1. The number of hydrogen-bond acceptors (Lipinski definition) is 2. The summed E-state index contributed by atoms with van der Waals surface area (Å²) in [5, 5.41) is 0.511. The fraction of sp³-hybridized carbons (Fsp3) is 0.429. The van der Waals surface area contributed by atoms with Gasteiger partial charge in [-0.25, -0.2) is 0 Å². The summed E-state index contributed by atoms with van der Waals surface area (Å²) in [6.07, 6.45) is -1.87. The summed E-state index contributed by atoms with van der Waals surface area (Å²) in [6, 6.07) is 14.6. The van der Waals surface area contributed by atoms with Gasteiger partial charge in [-0.1, -0.05) is 54.1 Å². The third-order valence-electron chi connectivity index (χ3n) is 4.45. The van der Waals surface area contributed by atoms with E-state index in [9.17, 15) is 0 Å². The molecule has 0 bridgehead atoms. The maximum absolute atomic E-state index is 8.63. The highest BCUT2D eigenvalue weighted by Crippen LogP contribution is 2.34. The van der Waals surface area contributed by atoms with E-state index in [4.69, 9.17) is 25.9 Å². The van der Waals surface area contributed by atoms with Gasteiger partial charge in [0.1, 0.15) is 5.60 Å². The van der Waals surface area contributed by atoms with Gasteiger partial charge in [0.05, 0.1) is 2.74 Å². The Morgan fingerprint density at radius 2 is 1.92 bits per heavy atom. The molecule has 0 aromatic heterocycles. The first-order valence-electron chi connectivity index (χ1n) is 11.6. The zero-order valence-electron chi connectivity index (χ0n) is 20.6. The molecule has 0 aliphatic carbocycles. The maximum Gasteiger partial charge on any atom is 0.115 e. The van der Waals surface area contributed by atoms with Crippen molar-refractivity contribution >= 4 is 11.6 Å². The van der Waals surface area contributed by atoms with E-state index in [-0.39, 0.29) is 13.0 Å². The van der Waals surface area contributed by atoms with Crippen molar-refractivity contribution in [2.45, 2.75) is 37.8 Å². The van der Waals surface area contributed by atoms with Gasteiger partial charge in [0.2, 0.25) is 0 Å². The van der Waals surface area contributed by atoms with Crippen LogP contribution in [0.5, 0.6) is 0 Å². The molecule has 2 aromatic carbocycles. The van der Waals surface area contributed by atoms with E-state index in [1.165, 1.54) is 0 Å². The van der Waals surface area contributed by atoms with Gasteiger partial charge in [0.15, 0.2) is 0 Å². The van der Waals surface area contributed by atoms with E-state index in [0.29, 0.717) is 22.6 Å². The molecule has 2 atom stereocenters. The molecular weight excluding hydrogens is 318 g/mol. The van der Waals surface area contributed by atoms with Crippen molar-refractivity contribution in [3.05, 3.63) is 70.7 Å². The monoisotopic (exact) mass is 350 g/mol. The number of benzene rings is 2. The van der Waals surface area contributed by atoms with Crippen molar-refractivity contribution in [1.82, 2.24) is 4.90 Å². The predicted octanol–water partition coefficient (Wildman–Crippen LogP) is 5.10. The van der Waals surface area contributed by atoms with Crippen LogP contribution in [0.25, 0.3) is 0 Å². The van der Waals surface area contributed by atoms with E-state index in [1.54, 1.807) is 55.5 Å². The second-order valence-corrected chi connectivity index (χ2v) is 6.54. The Bertz CT molecular complexity index is 889. The lowest BCUT2D eigenvalue weighted by Crippen LogP contribution is -2.31. The molecule has 2 aromatic rings. The summed E-state index contributed by atoms with van der Waals surface area (Å²) in [5.41, 5.74) is -0.107. The van der Waals surface area contributed by atoms with E-state index < -0.39 is 31.6 Å². The molecule has 3 rings (SSSR count). The summed E-state index contributed by atoms with van der Waals surface area (Å²) in [4.78, 5) is 1.07. The van der Waals surface area contributed by atoms with Crippen LogP contribution in [0.15, 0.2) is 54.6 Å². The van der Waals surface area contributed by atoms with Crippen LogP contribution in [-0.4, -0.2) is 31.0 Å². The third kappa shape index (κ3) is 3.83. The van der Waals surface area contributed by atoms with Crippen LogP contribution in [0.3, 0.4) is 0 Å². The third-order valence-corrected chi connectivity index (χ3v) is 4.71. The van der Waals surface area contributed by atoms with Gasteiger partial charge in [-0.05, 0) is 62.9 Å². The van der Waals surface area contributed by atoms with Crippen molar-refractivity contribution in [3.8, 4) is 0 Å². The van der Waals surface area contributed by atoms with Crippen LogP contribution in [0, 0.1) is 0 Å². The topological polar surface area (TPSA) is 12.5 Å². The van der Waals surface area contributed by atoms with Crippen LogP contribution in [0.4, 0.5) is 0 Å². The minimum absolute atomic E-state index is 0.184. The van der Waals surface area contributed by atoms with Crippen LogP contribution in [0.2, 0.25) is 5.02 Å². The number of ether oxygens (including phenoxy) is 1. The van der Waals surface area contributed by atoms with Crippen molar-refractivity contribution in [3.63, 3.8) is 0 Å². The molecule has 1 fully saturated rings. The normalized spacial score (nSPS) is 26.9. The highest BCUT2D eigenvalue weighted by atomic mass is 35.5. The van der Waals surface area contributed by atoms with Gasteiger partial charge < -0.3 is 9.64 Å². The minimum Gasteiger partial charge on any atom is -0.366 e. The molecule has 0 N–H and O–H groups in total. The Labute approximate surface area is 160 Å². The average Bonchev–Trinajstić information content (AvgIpc) is 3.20. The highest BCUT2D eigenvalue weighted by Gasteiger charge is 2.30. The minimum atomic E-state index is -2.80. The number of halogens is 1. The van der Waals surface area contributed by atoms with Gasteiger partial charge in [-0.3, -0.25) is 0 Å². The number of nitrogens with zero attached hydrogens (tertiary/aromatic N) is 1. The average molecular weight is 351 g/mol. The predicted molar refractivity (Wildman–Crippen MR) is 101 cm³/mol. The van der Waals surface area contributed by atoms with E-state index >= 15 is 0 Å². The second-order valence-electron chi connectivity index (χ2n) is 6.11. The second kappa shape index (κ2) is 7.69. The van der Waals surface area contributed by atoms with Crippen molar-refractivity contribution < 1.29 is 14.3 Å². The van der Waals surface area contributed by atoms with Gasteiger partial charge >= 0.3 is 0 Å². The molecule has 24 heavy (non-hydrogen) atoms. The molecule has 3 heteroatoms. The molecular formula is C21H26ClNO. The van der Waals surface area contributed by atoms with Crippen LogP contribution in [-0.2, 0) is 10.3 Å². The summed E-state index contributed by atoms with van der Waals surface area (Å²) < 4.78 is 63.7. The molecule has 1 aliphatic rings. The summed E-state index contributed by atoms with van der Waals surface area (Å²) in [7, 11) is 0. The molecule has 0 radical (unpaired) electrons. The lowest BCUT2D eigenvalue weighted by atomic mass is 9.88. The smallest absolute Gasteiger partial charge is 0.115 e. The summed E-state index contributed by atoms with van der Waals surface area (Å²) in [6.45, 7) is -3.45.